The topological polar surface area (TPSA) is 67.8 Å². The highest BCUT2D eigenvalue weighted by Gasteiger charge is 2.11. The van der Waals surface area contributed by atoms with Crippen molar-refractivity contribution in [1.82, 2.24) is 4.83 Å². The minimum atomic E-state index is -3.76. The summed E-state index contributed by atoms with van der Waals surface area (Å²) in [6.07, 6.45) is 1.39. The van der Waals surface area contributed by atoms with Gasteiger partial charge in [0.2, 0.25) is 0 Å². The molecule has 0 radical (unpaired) electrons. The molecule has 0 heterocycles. The Morgan fingerprint density at radius 2 is 1.61 bits per heavy atom. The standard InChI is InChI=1S/C20H16ClFN2O3S/c21-17-5-11-20(12-6-17)28(25,26)24-23-13-15-3-9-19(10-4-15)27-14-16-1-7-18(22)8-2-16/h1-13,24H,14H2. The lowest BCUT2D eigenvalue weighted by Crippen LogP contribution is -2.18. The van der Waals surface area contributed by atoms with Gasteiger partial charge in [-0.05, 0) is 71.8 Å². The van der Waals surface area contributed by atoms with Gasteiger partial charge in [-0.15, -0.1) is 0 Å². The second-order valence-electron chi connectivity index (χ2n) is 5.79. The van der Waals surface area contributed by atoms with E-state index in [9.17, 15) is 12.8 Å². The van der Waals surface area contributed by atoms with E-state index < -0.39 is 10.0 Å². The SMILES string of the molecule is O=S(=O)(NN=Cc1ccc(OCc2ccc(F)cc2)cc1)c1ccc(Cl)cc1. The number of sulfonamides is 1. The molecule has 28 heavy (non-hydrogen) atoms. The molecule has 0 atom stereocenters. The van der Waals surface area contributed by atoms with Crippen molar-refractivity contribution in [3.8, 4) is 5.75 Å². The molecule has 144 valence electrons. The van der Waals surface area contributed by atoms with Crippen molar-refractivity contribution < 1.29 is 17.5 Å². The van der Waals surface area contributed by atoms with Gasteiger partial charge < -0.3 is 4.74 Å². The molecule has 8 heteroatoms. The molecule has 0 aliphatic carbocycles. The monoisotopic (exact) mass is 418 g/mol. The van der Waals surface area contributed by atoms with Crippen molar-refractivity contribution >= 4 is 27.8 Å². The van der Waals surface area contributed by atoms with Crippen LogP contribution in [0.1, 0.15) is 11.1 Å². The van der Waals surface area contributed by atoms with Gasteiger partial charge in [-0.2, -0.15) is 13.5 Å². The first kappa shape index (κ1) is 19.9. The normalized spacial score (nSPS) is 11.5. The molecule has 3 rings (SSSR count). The molecule has 0 fully saturated rings. The van der Waals surface area contributed by atoms with E-state index in [1.807, 2.05) is 0 Å². The zero-order valence-electron chi connectivity index (χ0n) is 14.5. The van der Waals surface area contributed by atoms with Crippen LogP contribution in [0.3, 0.4) is 0 Å². The van der Waals surface area contributed by atoms with Crippen LogP contribution >= 0.6 is 11.6 Å². The number of hydrogen-bond acceptors (Lipinski definition) is 4. The Balaban J connectivity index is 1.56. The average molecular weight is 419 g/mol. The lowest BCUT2D eigenvalue weighted by molar-refractivity contribution is 0.306. The quantitative estimate of drug-likeness (QED) is 0.457. The number of halogens is 2. The van der Waals surface area contributed by atoms with Gasteiger partial charge in [-0.1, -0.05) is 23.7 Å². The molecule has 0 aliphatic rings. The van der Waals surface area contributed by atoms with Crippen molar-refractivity contribution in [3.05, 3.63) is 94.8 Å². The predicted molar refractivity (Wildman–Crippen MR) is 107 cm³/mol. The third kappa shape index (κ3) is 5.55. The zero-order valence-corrected chi connectivity index (χ0v) is 16.1. The van der Waals surface area contributed by atoms with Crippen molar-refractivity contribution in [1.29, 1.82) is 0 Å². The van der Waals surface area contributed by atoms with Crippen LogP contribution in [-0.2, 0) is 16.6 Å². The van der Waals surface area contributed by atoms with Crippen molar-refractivity contribution in [2.45, 2.75) is 11.5 Å². The molecule has 0 amide bonds. The van der Waals surface area contributed by atoms with Gasteiger partial charge in [-0.3, -0.25) is 0 Å². The smallest absolute Gasteiger partial charge is 0.276 e. The van der Waals surface area contributed by atoms with E-state index in [4.69, 9.17) is 16.3 Å². The van der Waals surface area contributed by atoms with Gasteiger partial charge in [0.1, 0.15) is 18.2 Å². The van der Waals surface area contributed by atoms with Crippen LogP contribution in [0.15, 0.2) is 82.8 Å². The molecule has 0 bridgehead atoms. The second kappa shape index (κ2) is 8.86. The van der Waals surface area contributed by atoms with Crippen LogP contribution in [0.4, 0.5) is 4.39 Å². The summed E-state index contributed by atoms with van der Waals surface area (Å²) in [4.78, 5) is 2.21. The van der Waals surface area contributed by atoms with Crippen LogP contribution in [0.5, 0.6) is 5.75 Å². The Morgan fingerprint density at radius 1 is 0.964 bits per heavy atom. The number of benzene rings is 3. The molecule has 1 N–H and O–H groups in total. The Bertz CT molecular complexity index is 1050. The van der Waals surface area contributed by atoms with Gasteiger partial charge in [-0.25, -0.2) is 9.22 Å². The molecule has 5 nitrogen and oxygen atoms in total. The van der Waals surface area contributed by atoms with Gasteiger partial charge in [0, 0.05) is 5.02 Å². The summed E-state index contributed by atoms with van der Waals surface area (Å²) < 4.78 is 42.7. The summed E-state index contributed by atoms with van der Waals surface area (Å²) in [5, 5.41) is 4.22. The number of hydrazone groups is 1. The lowest BCUT2D eigenvalue weighted by atomic mass is 10.2. The van der Waals surface area contributed by atoms with E-state index in [2.05, 4.69) is 9.93 Å². The Morgan fingerprint density at radius 3 is 2.25 bits per heavy atom. The van der Waals surface area contributed by atoms with Crippen molar-refractivity contribution in [3.63, 3.8) is 0 Å². The Hall–Kier alpha value is -2.90. The fourth-order valence-electron chi connectivity index (χ4n) is 2.23. The van der Waals surface area contributed by atoms with Gasteiger partial charge in [0.25, 0.3) is 10.0 Å². The van der Waals surface area contributed by atoms with Crippen LogP contribution in [0, 0.1) is 5.82 Å². The Labute approximate surface area is 167 Å². The van der Waals surface area contributed by atoms with Gasteiger partial charge >= 0.3 is 0 Å². The van der Waals surface area contributed by atoms with Crippen LogP contribution in [0.25, 0.3) is 0 Å². The van der Waals surface area contributed by atoms with Crippen molar-refractivity contribution in [2.75, 3.05) is 0 Å². The molecule has 0 aliphatic heterocycles. The first-order valence-corrected chi connectivity index (χ1v) is 10.1. The number of nitrogens with zero attached hydrogens (tertiary/aromatic N) is 1. The average Bonchev–Trinajstić information content (AvgIpc) is 2.69. The second-order valence-corrected chi connectivity index (χ2v) is 7.89. The molecule has 3 aromatic rings. The lowest BCUT2D eigenvalue weighted by Gasteiger charge is -2.06. The largest absolute Gasteiger partial charge is 0.489 e. The van der Waals surface area contributed by atoms with E-state index in [0.29, 0.717) is 22.9 Å². The summed E-state index contributed by atoms with van der Waals surface area (Å²) in [6, 6.07) is 18.8. The van der Waals surface area contributed by atoms with Crippen LogP contribution in [0.2, 0.25) is 5.02 Å². The highest BCUT2D eigenvalue weighted by molar-refractivity contribution is 7.89. The fourth-order valence-corrected chi connectivity index (χ4v) is 3.15. The molecule has 0 saturated carbocycles. The van der Waals surface area contributed by atoms with E-state index in [1.165, 1.54) is 42.6 Å². The van der Waals surface area contributed by atoms with E-state index in [1.54, 1.807) is 36.4 Å². The van der Waals surface area contributed by atoms with E-state index >= 15 is 0 Å². The van der Waals surface area contributed by atoms with Crippen molar-refractivity contribution in [2.24, 2.45) is 5.10 Å². The minimum absolute atomic E-state index is 0.0681. The molecule has 0 saturated heterocycles. The summed E-state index contributed by atoms with van der Waals surface area (Å²) in [5.74, 6) is 0.335. The number of nitrogens with one attached hydrogen (secondary N) is 1. The maximum absolute atomic E-state index is 12.9. The summed E-state index contributed by atoms with van der Waals surface area (Å²) in [7, 11) is -3.76. The first-order chi connectivity index (χ1) is 13.4. The first-order valence-electron chi connectivity index (χ1n) is 8.20. The van der Waals surface area contributed by atoms with Crippen LogP contribution < -0.4 is 9.57 Å². The summed E-state index contributed by atoms with van der Waals surface area (Å²) in [6.45, 7) is 0.314. The molecule has 0 spiro atoms. The highest BCUT2D eigenvalue weighted by atomic mass is 35.5. The summed E-state index contributed by atoms with van der Waals surface area (Å²) in [5.41, 5.74) is 1.54. The maximum atomic E-state index is 12.9. The molecular weight excluding hydrogens is 403 g/mol. The molecule has 0 unspecified atom stereocenters. The van der Waals surface area contributed by atoms with Crippen LogP contribution in [-0.4, -0.2) is 14.6 Å². The molecule has 3 aromatic carbocycles. The van der Waals surface area contributed by atoms with E-state index in [0.717, 1.165) is 5.56 Å². The highest BCUT2D eigenvalue weighted by Crippen LogP contribution is 2.15. The Kier molecular flexibility index (Phi) is 6.28. The number of hydrogen-bond donors (Lipinski definition) is 1. The fraction of sp³-hybridized carbons (Fsp3) is 0.0500. The molecule has 0 aromatic heterocycles. The summed E-state index contributed by atoms with van der Waals surface area (Å²) >= 11 is 5.75. The maximum Gasteiger partial charge on any atom is 0.276 e. The minimum Gasteiger partial charge on any atom is -0.489 e. The third-order valence-corrected chi connectivity index (χ3v) is 5.20. The number of ether oxygens (including phenoxy) is 1. The van der Waals surface area contributed by atoms with E-state index in [-0.39, 0.29) is 10.7 Å². The molecular formula is C20H16ClFN2O3S. The van der Waals surface area contributed by atoms with Gasteiger partial charge in [0.05, 0.1) is 11.1 Å². The number of rotatable bonds is 7. The zero-order chi connectivity index (χ0) is 20.0. The van der Waals surface area contributed by atoms with Gasteiger partial charge in [0.15, 0.2) is 0 Å². The third-order valence-electron chi connectivity index (χ3n) is 3.71. The predicted octanol–water partition coefficient (Wildman–Crippen LogP) is 4.37.